The van der Waals surface area contributed by atoms with Gasteiger partial charge in [-0.1, -0.05) is 23.7 Å². The molecule has 0 aromatic heterocycles. The summed E-state index contributed by atoms with van der Waals surface area (Å²) in [6.45, 7) is 10.0. The Morgan fingerprint density at radius 1 is 0.970 bits per heavy atom. The molecule has 2 aliphatic rings. The number of amides is 4. The van der Waals surface area contributed by atoms with Crippen LogP contribution in [0.3, 0.4) is 0 Å². The Bertz CT molecular complexity index is 1270. The number of allylic oxidation sites excluding steroid dienone is 1. The van der Waals surface area contributed by atoms with E-state index in [0.717, 1.165) is 32.9 Å². The summed E-state index contributed by atoms with van der Waals surface area (Å²) in [4.78, 5) is 41.6. The number of benzene rings is 2. The van der Waals surface area contributed by atoms with Crippen molar-refractivity contribution in [2.45, 2.75) is 40.2 Å². The number of nitrogens with zero attached hydrogens (tertiary/aromatic N) is 2. The number of halogens is 1. The van der Waals surface area contributed by atoms with Crippen molar-refractivity contribution in [3.8, 4) is 0 Å². The lowest BCUT2D eigenvalue weighted by molar-refractivity contribution is -0.122. The fraction of sp³-hybridized carbons (Fsp3) is 0.269. The van der Waals surface area contributed by atoms with Gasteiger partial charge in [0, 0.05) is 23.3 Å². The Morgan fingerprint density at radius 2 is 1.61 bits per heavy atom. The van der Waals surface area contributed by atoms with Gasteiger partial charge in [-0.15, -0.1) is 0 Å². The van der Waals surface area contributed by atoms with Crippen molar-refractivity contribution in [3.63, 3.8) is 0 Å². The van der Waals surface area contributed by atoms with Gasteiger partial charge in [-0.2, -0.15) is 0 Å². The van der Waals surface area contributed by atoms with E-state index in [1.807, 2.05) is 46.0 Å². The van der Waals surface area contributed by atoms with Crippen LogP contribution in [0.1, 0.15) is 43.0 Å². The molecule has 33 heavy (non-hydrogen) atoms. The Labute approximate surface area is 198 Å². The second kappa shape index (κ2) is 7.89. The van der Waals surface area contributed by atoms with E-state index in [9.17, 15) is 14.4 Å². The average molecular weight is 464 g/mol. The molecule has 170 valence electrons. The number of imide groups is 2. The minimum absolute atomic E-state index is 0.151. The number of nitrogens with one attached hydrogen (secondary N) is 1. The minimum Gasteiger partial charge on any atom is -0.365 e. The lowest BCUT2D eigenvalue weighted by Crippen LogP contribution is -2.54. The maximum atomic E-state index is 13.3. The molecule has 2 aromatic carbocycles. The van der Waals surface area contributed by atoms with Crippen molar-refractivity contribution in [2.75, 3.05) is 16.8 Å². The first-order valence-electron chi connectivity index (χ1n) is 10.7. The highest BCUT2D eigenvalue weighted by atomic mass is 35.5. The third kappa shape index (κ3) is 3.95. The lowest BCUT2D eigenvalue weighted by Gasteiger charge is -2.40. The van der Waals surface area contributed by atoms with Crippen molar-refractivity contribution in [3.05, 3.63) is 69.3 Å². The normalized spacial score (nSPS) is 18.9. The lowest BCUT2D eigenvalue weighted by atomic mass is 9.88. The van der Waals surface area contributed by atoms with E-state index in [4.69, 9.17) is 11.6 Å². The van der Waals surface area contributed by atoms with Gasteiger partial charge in [0.15, 0.2) is 0 Å². The summed E-state index contributed by atoms with van der Waals surface area (Å²) in [5, 5.41) is 2.68. The molecule has 1 saturated heterocycles. The second-order valence-electron chi connectivity index (χ2n) is 9.23. The maximum absolute atomic E-state index is 13.3. The monoisotopic (exact) mass is 463 g/mol. The molecule has 6 nitrogen and oxygen atoms in total. The first-order valence-corrected chi connectivity index (χ1v) is 11.0. The van der Waals surface area contributed by atoms with Crippen molar-refractivity contribution in [2.24, 2.45) is 0 Å². The number of fused-ring (bicyclic) bond motifs is 1. The van der Waals surface area contributed by atoms with E-state index in [1.54, 1.807) is 12.1 Å². The van der Waals surface area contributed by atoms with E-state index in [1.165, 1.54) is 6.08 Å². The molecule has 1 fully saturated rings. The number of rotatable bonds is 2. The summed E-state index contributed by atoms with van der Waals surface area (Å²) in [6.07, 6.45) is 3.62. The highest BCUT2D eigenvalue weighted by Gasteiger charge is 2.37. The molecule has 0 radical (unpaired) electrons. The second-order valence-corrected chi connectivity index (χ2v) is 9.64. The van der Waals surface area contributed by atoms with Gasteiger partial charge >= 0.3 is 6.03 Å². The molecule has 2 aromatic rings. The molecule has 1 N–H and O–H groups in total. The maximum Gasteiger partial charge on any atom is 0.335 e. The summed E-state index contributed by atoms with van der Waals surface area (Å²) in [5.74, 6) is -1.43. The summed E-state index contributed by atoms with van der Waals surface area (Å²) in [6, 6.07) is 8.36. The number of likely N-dealkylation sites (N-methyl/N-ethyl adjacent to an activating group) is 1. The van der Waals surface area contributed by atoms with Crippen LogP contribution < -0.4 is 15.1 Å². The van der Waals surface area contributed by atoms with E-state index >= 15 is 0 Å². The van der Waals surface area contributed by atoms with Gasteiger partial charge < -0.3 is 4.90 Å². The molecular formula is C26H26ClN3O3. The van der Waals surface area contributed by atoms with E-state index < -0.39 is 17.8 Å². The number of carbonyl (C=O) groups is 3. The van der Waals surface area contributed by atoms with E-state index in [0.29, 0.717) is 16.3 Å². The van der Waals surface area contributed by atoms with E-state index in [-0.39, 0.29) is 11.1 Å². The van der Waals surface area contributed by atoms with E-state index in [2.05, 4.69) is 30.1 Å². The number of barbiturate groups is 1. The molecule has 4 amide bonds. The van der Waals surface area contributed by atoms with Gasteiger partial charge in [0.2, 0.25) is 0 Å². The zero-order valence-electron chi connectivity index (χ0n) is 19.5. The Kier molecular flexibility index (Phi) is 5.45. The molecule has 0 atom stereocenters. The van der Waals surface area contributed by atoms with Crippen LogP contribution in [0.15, 0.2) is 42.0 Å². The third-order valence-corrected chi connectivity index (χ3v) is 6.53. The predicted molar refractivity (Wildman–Crippen MR) is 133 cm³/mol. The molecule has 0 aliphatic carbocycles. The van der Waals surface area contributed by atoms with Crippen LogP contribution in [0.25, 0.3) is 11.6 Å². The average Bonchev–Trinajstić information content (AvgIpc) is 2.69. The van der Waals surface area contributed by atoms with Crippen molar-refractivity contribution < 1.29 is 14.4 Å². The zero-order valence-corrected chi connectivity index (χ0v) is 20.3. The van der Waals surface area contributed by atoms with Crippen molar-refractivity contribution in [1.29, 1.82) is 0 Å². The Balaban J connectivity index is 1.80. The van der Waals surface area contributed by atoms with Gasteiger partial charge in [0.05, 0.1) is 11.2 Å². The minimum atomic E-state index is -0.772. The SMILES string of the molecule is CC1=CC(C)(C)N(C)c2cc(Cl)c(/C=C3\C(=O)NC(=O)N(c4cc(C)cc(C)c4)C3=O)cc21. The number of aryl methyl sites for hydroxylation is 2. The number of urea groups is 1. The quantitative estimate of drug-likeness (QED) is 0.487. The zero-order chi connectivity index (χ0) is 24.2. The van der Waals surface area contributed by atoms with Crippen molar-refractivity contribution in [1.82, 2.24) is 5.32 Å². The summed E-state index contributed by atoms with van der Waals surface area (Å²) < 4.78 is 0. The van der Waals surface area contributed by atoms with Crippen LogP contribution in [-0.2, 0) is 9.59 Å². The fourth-order valence-electron chi connectivity index (χ4n) is 4.43. The van der Waals surface area contributed by atoms with Gasteiger partial charge in [-0.25, -0.2) is 9.69 Å². The molecular weight excluding hydrogens is 438 g/mol. The predicted octanol–water partition coefficient (Wildman–Crippen LogP) is 5.25. The number of anilines is 2. The molecule has 2 heterocycles. The first kappa shape index (κ1) is 22.8. The largest absolute Gasteiger partial charge is 0.365 e. The van der Waals surface area contributed by atoms with Gasteiger partial charge in [-0.05, 0) is 87.2 Å². The molecule has 2 aliphatic heterocycles. The standard InChI is InChI=1S/C26H26ClN3O3/c1-14-7-15(2)9-18(8-14)30-24(32)20(23(31)28-25(30)33)11-17-10-19-16(3)13-26(4,5)29(6)22(19)12-21(17)27/h7-13H,1-6H3,(H,28,31,33)/b20-11+. The van der Waals surface area contributed by atoms with Crippen LogP contribution in [-0.4, -0.2) is 30.4 Å². The van der Waals surface area contributed by atoms with Crippen LogP contribution in [0.5, 0.6) is 0 Å². The van der Waals surface area contributed by atoms with Gasteiger partial charge in [-0.3, -0.25) is 14.9 Å². The number of carbonyl (C=O) groups excluding carboxylic acids is 3. The van der Waals surface area contributed by atoms with Gasteiger partial charge in [0.1, 0.15) is 5.57 Å². The smallest absolute Gasteiger partial charge is 0.335 e. The molecule has 4 rings (SSSR count). The van der Waals surface area contributed by atoms with Crippen LogP contribution in [0.2, 0.25) is 5.02 Å². The molecule has 0 unspecified atom stereocenters. The summed E-state index contributed by atoms with van der Waals surface area (Å²) in [5.41, 5.74) is 5.44. The fourth-order valence-corrected chi connectivity index (χ4v) is 4.64. The highest BCUT2D eigenvalue weighted by molar-refractivity contribution is 6.40. The van der Waals surface area contributed by atoms with Crippen LogP contribution >= 0.6 is 11.6 Å². The Hall–Kier alpha value is -3.38. The van der Waals surface area contributed by atoms with Crippen molar-refractivity contribution >= 4 is 52.5 Å². The Morgan fingerprint density at radius 3 is 2.24 bits per heavy atom. The topological polar surface area (TPSA) is 69.7 Å². The number of hydrogen-bond acceptors (Lipinski definition) is 4. The highest BCUT2D eigenvalue weighted by Crippen LogP contribution is 2.41. The van der Waals surface area contributed by atoms with Gasteiger partial charge in [0.25, 0.3) is 11.8 Å². The molecule has 0 spiro atoms. The molecule has 0 bridgehead atoms. The van der Waals surface area contributed by atoms with Crippen LogP contribution in [0.4, 0.5) is 16.2 Å². The summed E-state index contributed by atoms with van der Waals surface area (Å²) >= 11 is 6.59. The summed E-state index contributed by atoms with van der Waals surface area (Å²) in [7, 11) is 2.00. The first-order chi connectivity index (χ1) is 15.4. The molecule has 0 saturated carbocycles. The number of hydrogen-bond donors (Lipinski definition) is 1. The third-order valence-electron chi connectivity index (χ3n) is 6.20. The molecule has 7 heteroatoms. The van der Waals surface area contributed by atoms with Crippen LogP contribution in [0, 0.1) is 13.8 Å².